The Balaban J connectivity index is 1.39. The lowest BCUT2D eigenvalue weighted by molar-refractivity contribution is -0.126. The van der Waals surface area contributed by atoms with Gasteiger partial charge >= 0.3 is 0 Å². The molecule has 0 aliphatic carbocycles. The topological polar surface area (TPSA) is 69.7 Å². The van der Waals surface area contributed by atoms with E-state index in [1.54, 1.807) is 21.8 Å². The number of nitrogens with one attached hydrogen (secondary N) is 1. The molecule has 1 amide bonds. The number of hydrogen-bond acceptors (Lipinski definition) is 5. The highest BCUT2D eigenvalue weighted by Crippen LogP contribution is 2.29. The number of carbonyl (C=O) groups excluding carboxylic acids is 1. The predicted octanol–water partition coefficient (Wildman–Crippen LogP) is 2.39. The third kappa shape index (κ3) is 5.31. The molecule has 1 aromatic rings. The Bertz CT molecular complexity index is 692. The number of thiophene rings is 1. The minimum absolute atomic E-state index is 0.0663. The molecule has 0 bridgehead atoms. The van der Waals surface area contributed by atoms with Crippen molar-refractivity contribution in [3.8, 4) is 0 Å². The molecule has 0 radical (unpaired) electrons. The van der Waals surface area contributed by atoms with Crippen LogP contribution in [0.1, 0.15) is 39.0 Å². The number of piperidine rings is 1. The van der Waals surface area contributed by atoms with Crippen molar-refractivity contribution < 1.29 is 13.2 Å². The van der Waals surface area contributed by atoms with Crippen LogP contribution in [0.4, 0.5) is 0 Å². The maximum atomic E-state index is 12.6. The summed E-state index contributed by atoms with van der Waals surface area (Å²) >= 11 is 1.26. The molecule has 152 valence electrons. The third-order valence-corrected chi connectivity index (χ3v) is 9.13. The van der Waals surface area contributed by atoms with Crippen molar-refractivity contribution >= 4 is 27.3 Å². The van der Waals surface area contributed by atoms with E-state index in [4.69, 9.17) is 0 Å². The van der Waals surface area contributed by atoms with Crippen LogP contribution in [0.15, 0.2) is 21.7 Å². The zero-order valence-corrected chi connectivity index (χ0v) is 17.7. The summed E-state index contributed by atoms with van der Waals surface area (Å²) in [6.45, 7) is 7.15. The van der Waals surface area contributed by atoms with Crippen LogP contribution in [-0.4, -0.2) is 62.8 Å². The molecule has 1 atom stereocenters. The van der Waals surface area contributed by atoms with Crippen molar-refractivity contribution in [1.82, 2.24) is 14.5 Å². The van der Waals surface area contributed by atoms with Crippen LogP contribution in [-0.2, 0) is 14.8 Å². The standard InChI is InChI=1S/C19H31N3O3S2/c1-16(19(23)20-9-5-12-21-10-2-3-11-21)17-7-13-22(14-8-17)27(24,25)18-6-4-15-26-18/h4,6,15-17H,2-3,5,7-14H2,1H3,(H,20,23). The summed E-state index contributed by atoms with van der Waals surface area (Å²) in [5.41, 5.74) is 0. The fourth-order valence-corrected chi connectivity index (χ4v) is 6.66. The molecular weight excluding hydrogens is 382 g/mol. The Morgan fingerprint density at radius 1 is 1.26 bits per heavy atom. The van der Waals surface area contributed by atoms with E-state index >= 15 is 0 Å². The molecule has 1 aromatic heterocycles. The van der Waals surface area contributed by atoms with Gasteiger partial charge in [-0.15, -0.1) is 11.3 Å². The van der Waals surface area contributed by atoms with Crippen molar-refractivity contribution in [2.24, 2.45) is 11.8 Å². The molecule has 2 aliphatic rings. The first-order chi connectivity index (χ1) is 13.0. The number of sulfonamides is 1. The second-order valence-electron chi connectivity index (χ2n) is 7.66. The molecule has 3 rings (SSSR count). The van der Waals surface area contributed by atoms with Gasteiger partial charge in [0, 0.05) is 25.6 Å². The Morgan fingerprint density at radius 2 is 1.96 bits per heavy atom. The van der Waals surface area contributed by atoms with Crippen LogP contribution in [0.2, 0.25) is 0 Å². The number of amides is 1. The second-order valence-corrected chi connectivity index (χ2v) is 10.8. The molecule has 1 N–H and O–H groups in total. The smallest absolute Gasteiger partial charge is 0.252 e. The average Bonchev–Trinajstić information content (AvgIpc) is 3.38. The van der Waals surface area contributed by atoms with Gasteiger partial charge in [0.2, 0.25) is 5.91 Å². The van der Waals surface area contributed by atoms with E-state index in [2.05, 4.69) is 10.2 Å². The molecule has 0 saturated carbocycles. The quantitative estimate of drug-likeness (QED) is 0.665. The number of likely N-dealkylation sites (tertiary alicyclic amines) is 1. The van der Waals surface area contributed by atoms with Gasteiger partial charge in [-0.25, -0.2) is 8.42 Å². The van der Waals surface area contributed by atoms with Gasteiger partial charge < -0.3 is 10.2 Å². The number of nitrogens with zero attached hydrogens (tertiary/aromatic N) is 2. The van der Waals surface area contributed by atoms with Gasteiger partial charge in [0.15, 0.2) is 0 Å². The average molecular weight is 414 g/mol. The van der Waals surface area contributed by atoms with Crippen LogP contribution in [0.3, 0.4) is 0 Å². The zero-order valence-electron chi connectivity index (χ0n) is 16.1. The van der Waals surface area contributed by atoms with Crippen LogP contribution >= 0.6 is 11.3 Å². The Hall–Kier alpha value is -0.960. The van der Waals surface area contributed by atoms with Crippen molar-refractivity contribution in [3.63, 3.8) is 0 Å². The molecule has 1 unspecified atom stereocenters. The predicted molar refractivity (Wildman–Crippen MR) is 108 cm³/mol. The Labute approximate surface area is 167 Å². The van der Waals surface area contributed by atoms with Gasteiger partial charge in [-0.1, -0.05) is 13.0 Å². The van der Waals surface area contributed by atoms with Crippen molar-refractivity contribution in [2.45, 2.75) is 43.2 Å². The van der Waals surface area contributed by atoms with Crippen LogP contribution in [0.5, 0.6) is 0 Å². The Morgan fingerprint density at radius 3 is 2.59 bits per heavy atom. The second kappa shape index (κ2) is 9.49. The van der Waals surface area contributed by atoms with E-state index in [1.165, 1.54) is 37.3 Å². The summed E-state index contributed by atoms with van der Waals surface area (Å²) in [4.78, 5) is 14.9. The summed E-state index contributed by atoms with van der Waals surface area (Å²) in [7, 11) is -3.37. The normalized spacial score (nSPS) is 21.4. The van der Waals surface area contributed by atoms with Crippen molar-refractivity contribution in [3.05, 3.63) is 17.5 Å². The van der Waals surface area contributed by atoms with E-state index in [9.17, 15) is 13.2 Å². The molecule has 2 fully saturated rings. The highest BCUT2D eigenvalue weighted by atomic mass is 32.2. The molecule has 3 heterocycles. The zero-order chi connectivity index (χ0) is 19.3. The lowest BCUT2D eigenvalue weighted by atomic mass is 9.85. The fourth-order valence-electron chi connectivity index (χ4n) is 4.05. The third-order valence-electron chi connectivity index (χ3n) is 5.86. The van der Waals surface area contributed by atoms with Crippen LogP contribution in [0, 0.1) is 11.8 Å². The largest absolute Gasteiger partial charge is 0.356 e. The highest BCUT2D eigenvalue weighted by Gasteiger charge is 2.33. The van der Waals surface area contributed by atoms with E-state index in [0.29, 0.717) is 17.3 Å². The van der Waals surface area contributed by atoms with Gasteiger partial charge in [0.25, 0.3) is 10.0 Å². The number of rotatable bonds is 8. The fraction of sp³-hybridized carbons (Fsp3) is 0.737. The molecule has 0 spiro atoms. The van der Waals surface area contributed by atoms with E-state index in [0.717, 1.165) is 32.4 Å². The molecule has 0 aromatic carbocycles. The summed E-state index contributed by atoms with van der Waals surface area (Å²) < 4.78 is 27.2. The SMILES string of the molecule is CC(C(=O)NCCCN1CCCC1)C1CCN(S(=O)(=O)c2cccs2)CC1. The Kier molecular flexibility index (Phi) is 7.30. The lowest BCUT2D eigenvalue weighted by Gasteiger charge is -2.33. The maximum Gasteiger partial charge on any atom is 0.252 e. The van der Waals surface area contributed by atoms with Gasteiger partial charge in [0.1, 0.15) is 4.21 Å². The lowest BCUT2D eigenvalue weighted by Crippen LogP contribution is -2.42. The van der Waals surface area contributed by atoms with Crippen LogP contribution < -0.4 is 5.32 Å². The van der Waals surface area contributed by atoms with E-state index < -0.39 is 10.0 Å². The van der Waals surface area contributed by atoms with E-state index in [1.807, 2.05) is 6.92 Å². The number of hydrogen-bond donors (Lipinski definition) is 1. The molecular formula is C19H31N3O3S2. The van der Waals surface area contributed by atoms with Gasteiger partial charge in [-0.3, -0.25) is 4.79 Å². The first-order valence-electron chi connectivity index (χ1n) is 10.0. The molecule has 2 aliphatic heterocycles. The summed E-state index contributed by atoms with van der Waals surface area (Å²) in [6.07, 6.45) is 5.07. The van der Waals surface area contributed by atoms with Crippen molar-refractivity contribution in [2.75, 3.05) is 39.3 Å². The monoisotopic (exact) mass is 413 g/mol. The van der Waals surface area contributed by atoms with Crippen LogP contribution in [0.25, 0.3) is 0 Å². The van der Waals surface area contributed by atoms with Gasteiger partial charge in [0.05, 0.1) is 0 Å². The minimum atomic E-state index is -3.37. The molecule has 27 heavy (non-hydrogen) atoms. The maximum absolute atomic E-state index is 12.6. The van der Waals surface area contributed by atoms with Gasteiger partial charge in [-0.05, 0) is 69.1 Å². The molecule has 8 heteroatoms. The van der Waals surface area contributed by atoms with Gasteiger partial charge in [-0.2, -0.15) is 4.31 Å². The number of carbonyl (C=O) groups is 1. The first kappa shape index (κ1) is 20.8. The first-order valence-corrected chi connectivity index (χ1v) is 12.3. The molecule has 2 saturated heterocycles. The minimum Gasteiger partial charge on any atom is -0.356 e. The summed E-state index contributed by atoms with van der Waals surface area (Å²) in [6, 6.07) is 3.42. The summed E-state index contributed by atoms with van der Waals surface area (Å²) in [5.74, 6) is 0.290. The highest BCUT2D eigenvalue weighted by molar-refractivity contribution is 7.91. The molecule has 6 nitrogen and oxygen atoms in total. The van der Waals surface area contributed by atoms with E-state index in [-0.39, 0.29) is 17.7 Å². The summed E-state index contributed by atoms with van der Waals surface area (Å²) in [5, 5.41) is 4.86. The van der Waals surface area contributed by atoms with Crippen molar-refractivity contribution in [1.29, 1.82) is 0 Å².